The number of rotatable bonds is 9. The van der Waals surface area contributed by atoms with Gasteiger partial charge in [-0.3, -0.25) is 9.69 Å². The lowest BCUT2D eigenvalue weighted by atomic mass is 10.2. The van der Waals surface area contributed by atoms with Crippen LogP contribution in [0.3, 0.4) is 0 Å². The number of carbonyl (C=O) groups is 1. The van der Waals surface area contributed by atoms with Gasteiger partial charge in [-0.05, 0) is 55.3 Å². The minimum Gasteiger partial charge on any atom is -0.497 e. The Labute approximate surface area is 199 Å². The number of benzene rings is 2. The molecule has 2 aromatic carbocycles. The monoisotopic (exact) mass is 493 g/mol. The largest absolute Gasteiger partial charge is 0.497 e. The molecule has 1 aliphatic heterocycles. The van der Waals surface area contributed by atoms with Gasteiger partial charge < -0.3 is 14.4 Å². The molecular formula is C23H28ClN3O5S. The molecule has 0 bridgehead atoms. The van der Waals surface area contributed by atoms with E-state index >= 15 is 0 Å². The molecule has 2 fully saturated rings. The molecule has 0 aromatic heterocycles. The topological polar surface area (TPSA) is 88.2 Å². The summed E-state index contributed by atoms with van der Waals surface area (Å²) in [7, 11) is -2.12. The Hall–Kier alpha value is -2.33. The predicted molar refractivity (Wildman–Crippen MR) is 126 cm³/mol. The number of halogens is 1. The van der Waals surface area contributed by atoms with Crippen LogP contribution in [0.15, 0.2) is 47.4 Å². The van der Waals surface area contributed by atoms with Gasteiger partial charge in [-0.1, -0.05) is 11.6 Å². The van der Waals surface area contributed by atoms with Crippen LogP contribution in [-0.2, 0) is 10.0 Å². The molecule has 1 aliphatic carbocycles. The molecule has 0 spiro atoms. The van der Waals surface area contributed by atoms with Gasteiger partial charge in [-0.15, -0.1) is 0 Å². The Morgan fingerprint density at radius 2 is 1.73 bits per heavy atom. The maximum Gasteiger partial charge on any atom is 0.253 e. The molecule has 1 amide bonds. The second-order valence-electron chi connectivity index (χ2n) is 8.20. The number of nitrogens with one attached hydrogen (secondary N) is 1. The standard InChI is InChI=1S/C23H28ClN3O5S/c1-31-19-5-7-20(8-6-19)32-15-14-26-10-12-27(13-11-26)23(28)17-2-9-21(24)22(16-17)33(29,30)25-18-3-4-18/h2,5-9,16,18,25H,3-4,10-15H2,1H3. The minimum atomic E-state index is -3.74. The second-order valence-corrected chi connectivity index (χ2v) is 10.3. The van der Waals surface area contributed by atoms with Crippen molar-refractivity contribution >= 4 is 27.5 Å². The van der Waals surface area contributed by atoms with Gasteiger partial charge in [0.1, 0.15) is 23.0 Å². The van der Waals surface area contributed by atoms with E-state index in [1.165, 1.54) is 12.1 Å². The van der Waals surface area contributed by atoms with Crippen LogP contribution in [0.25, 0.3) is 0 Å². The number of amides is 1. The van der Waals surface area contributed by atoms with Crippen LogP contribution in [0.2, 0.25) is 5.02 Å². The lowest BCUT2D eigenvalue weighted by Gasteiger charge is -2.34. The summed E-state index contributed by atoms with van der Waals surface area (Å²) in [6, 6.07) is 11.9. The molecule has 0 atom stereocenters. The van der Waals surface area contributed by atoms with Crippen LogP contribution in [0.1, 0.15) is 23.2 Å². The van der Waals surface area contributed by atoms with Gasteiger partial charge in [0.25, 0.3) is 5.91 Å². The Kier molecular flexibility index (Phi) is 7.43. The molecule has 1 N–H and O–H groups in total. The third-order valence-corrected chi connectivity index (χ3v) is 7.76. The zero-order chi connectivity index (χ0) is 23.4. The number of carbonyl (C=O) groups excluding carboxylic acids is 1. The fourth-order valence-electron chi connectivity index (χ4n) is 3.65. The van der Waals surface area contributed by atoms with Crippen molar-refractivity contribution < 1.29 is 22.7 Å². The molecule has 2 aliphatic rings. The molecule has 4 rings (SSSR count). The van der Waals surface area contributed by atoms with Crippen LogP contribution >= 0.6 is 11.6 Å². The number of nitrogens with zero attached hydrogens (tertiary/aromatic N) is 2. The summed E-state index contributed by atoms with van der Waals surface area (Å²) in [5.74, 6) is 1.38. The maximum absolute atomic E-state index is 13.0. The fraction of sp³-hybridized carbons (Fsp3) is 0.435. The highest BCUT2D eigenvalue weighted by molar-refractivity contribution is 7.89. The van der Waals surface area contributed by atoms with Gasteiger partial charge in [-0.25, -0.2) is 13.1 Å². The average Bonchev–Trinajstić information content (AvgIpc) is 3.63. The van der Waals surface area contributed by atoms with Gasteiger partial charge in [0.2, 0.25) is 10.0 Å². The molecule has 1 heterocycles. The van der Waals surface area contributed by atoms with E-state index in [1.807, 2.05) is 24.3 Å². The van der Waals surface area contributed by atoms with E-state index in [4.69, 9.17) is 21.1 Å². The Bertz CT molecular complexity index is 1080. The van der Waals surface area contributed by atoms with Crippen molar-refractivity contribution in [3.8, 4) is 11.5 Å². The zero-order valence-electron chi connectivity index (χ0n) is 18.5. The molecule has 8 nitrogen and oxygen atoms in total. The van der Waals surface area contributed by atoms with Gasteiger partial charge in [0, 0.05) is 44.3 Å². The summed E-state index contributed by atoms with van der Waals surface area (Å²) < 4.78 is 38.7. The van der Waals surface area contributed by atoms with Crippen LogP contribution in [-0.4, -0.2) is 76.6 Å². The van der Waals surface area contributed by atoms with Crippen molar-refractivity contribution in [3.05, 3.63) is 53.1 Å². The van der Waals surface area contributed by atoms with Crippen LogP contribution in [0.5, 0.6) is 11.5 Å². The first-order valence-corrected chi connectivity index (χ1v) is 12.8. The van der Waals surface area contributed by atoms with E-state index in [1.54, 1.807) is 18.1 Å². The summed E-state index contributed by atoms with van der Waals surface area (Å²) >= 11 is 6.13. The highest BCUT2D eigenvalue weighted by atomic mass is 35.5. The molecule has 0 unspecified atom stereocenters. The fourth-order valence-corrected chi connectivity index (χ4v) is 5.48. The first kappa shape index (κ1) is 23.8. The van der Waals surface area contributed by atoms with Gasteiger partial charge in [0.05, 0.1) is 12.1 Å². The summed E-state index contributed by atoms with van der Waals surface area (Å²) in [6.07, 6.45) is 1.65. The van der Waals surface area contributed by atoms with Gasteiger partial charge in [0.15, 0.2) is 0 Å². The quantitative estimate of drug-likeness (QED) is 0.577. The van der Waals surface area contributed by atoms with Crippen molar-refractivity contribution in [2.45, 2.75) is 23.8 Å². The van der Waals surface area contributed by atoms with E-state index in [9.17, 15) is 13.2 Å². The van der Waals surface area contributed by atoms with Crippen molar-refractivity contribution in [1.82, 2.24) is 14.5 Å². The van der Waals surface area contributed by atoms with Gasteiger partial charge in [-0.2, -0.15) is 0 Å². The van der Waals surface area contributed by atoms with Crippen LogP contribution < -0.4 is 14.2 Å². The van der Waals surface area contributed by atoms with Crippen molar-refractivity contribution in [3.63, 3.8) is 0 Å². The van der Waals surface area contributed by atoms with Gasteiger partial charge >= 0.3 is 0 Å². The first-order valence-electron chi connectivity index (χ1n) is 11.0. The normalized spacial score (nSPS) is 17.1. The second kappa shape index (κ2) is 10.3. The number of hydrogen-bond donors (Lipinski definition) is 1. The number of hydrogen-bond acceptors (Lipinski definition) is 6. The molecule has 33 heavy (non-hydrogen) atoms. The van der Waals surface area contributed by atoms with E-state index in [0.29, 0.717) is 25.3 Å². The summed E-state index contributed by atoms with van der Waals surface area (Å²) in [5.41, 5.74) is 0.326. The van der Waals surface area contributed by atoms with Crippen LogP contribution in [0, 0.1) is 0 Å². The van der Waals surface area contributed by atoms with Crippen LogP contribution in [0.4, 0.5) is 0 Å². The SMILES string of the molecule is COc1ccc(OCCN2CCN(C(=O)c3ccc(Cl)c(S(=O)(=O)NC4CC4)c3)CC2)cc1. The zero-order valence-corrected chi connectivity index (χ0v) is 20.1. The summed E-state index contributed by atoms with van der Waals surface area (Å²) in [5, 5.41) is 0.112. The van der Waals surface area contributed by atoms with Crippen molar-refractivity contribution in [2.24, 2.45) is 0 Å². The number of sulfonamides is 1. The molecule has 1 saturated carbocycles. The highest BCUT2D eigenvalue weighted by Gasteiger charge is 2.30. The predicted octanol–water partition coefficient (Wildman–Crippen LogP) is 2.63. The molecular weight excluding hydrogens is 466 g/mol. The molecule has 1 saturated heterocycles. The molecule has 178 valence electrons. The number of ether oxygens (including phenoxy) is 2. The van der Waals surface area contributed by atoms with Crippen molar-refractivity contribution in [1.29, 1.82) is 0 Å². The Balaban J connectivity index is 1.28. The smallest absolute Gasteiger partial charge is 0.253 e. The van der Waals surface area contributed by atoms with E-state index in [0.717, 1.165) is 44.0 Å². The third-order valence-electron chi connectivity index (χ3n) is 5.76. The maximum atomic E-state index is 13.0. The molecule has 0 radical (unpaired) electrons. The molecule has 10 heteroatoms. The summed E-state index contributed by atoms with van der Waals surface area (Å²) in [4.78, 5) is 16.9. The number of piperazine rings is 1. The lowest BCUT2D eigenvalue weighted by Crippen LogP contribution is -2.49. The van der Waals surface area contributed by atoms with E-state index in [-0.39, 0.29) is 21.9 Å². The minimum absolute atomic E-state index is 0.0350. The van der Waals surface area contributed by atoms with Crippen molar-refractivity contribution in [2.75, 3.05) is 46.4 Å². The Morgan fingerprint density at radius 3 is 2.36 bits per heavy atom. The third kappa shape index (κ3) is 6.17. The lowest BCUT2D eigenvalue weighted by molar-refractivity contribution is 0.0620. The highest BCUT2D eigenvalue weighted by Crippen LogP contribution is 2.27. The Morgan fingerprint density at radius 1 is 1.06 bits per heavy atom. The average molecular weight is 494 g/mol. The molecule has 2 aromatic rings. The number of methoxy groups -OCH3 is 1. The summed E-state index contributed by atoms with van der Waals surface area (Å²) in [6.45, 7) is 3.87. The van der Waals surface area contributed by atoms with E-state index < -0.39 is 10.0 Å². The van der Waals surface area contributed by atoms with E-state index in [2.05, 4.69) is 9.62 Å². The first-order chi connectivity index (χ1) is 15.9.